The van der Waals surface area contributed by atoms with Crippen LogP contribution < -0.4 is 15.0 Å². The molecule has 1 aromatic heterocycles. The second-order valence-electron chi connectivity index (χ2n) is 7.37. The maximum Gasteiger partial charge on any atom is 0.247 e. The fourth-order valence-electron chi connectivity index (χ4n) is 4.38. The standard InChI is InChI=1S/C21H25NO3/c1-14(18-3-2-4-19-21(18)25-10-9-24-19)11-15-5-6-16(12-15)17-7-8-20(23)22-13-17/h2-4,7-8,13-16H,5-6,9-12H2,1H3,(H,22,23)/t14-,15?,16-/m0/s1. The van der Waals surface area contributed by atoms with Gasteiger partial charge in [-0.2, -0.15) is 0 Å². The molecular formula is C21H25NO3. The lowest BCUT2D eigenvalue weighted by atomic mass is 9.87. The molecule has 4 rings (SSSR count). The Balaban J connectivity index is 1.43. The minimum absolute atomic E-state index is 0.0250. The molecule has 3 atom stereocenters. The van der Waals surface area contributed by atoms with Gasteiger partial charge in [-0.05, 0) is 55.1 Å². The number of fused-ring (bicyclic) bond motifs is 1. The average molecular weight is 339 g/mol. The number of aromatic nitrogens is 1. The molecule has 1 saturated carbocycles. The molecule has 0 amide bonds. The number of rotatable bonds is 4. The summed E-state index contributed by atoms with van der Waals surface area (Å²) in [6.45, 7) is 3.56. The Hall–Kier alpha value is -2.23. The number of hydrogen-bond donors (Lipinski definition) is 1. The van der Waals surface area contributed by atoms with E-state index in [-0.39, 0.29) is 5.56 Å². The molecule has 2 aliphatic rings. The van der Waals surface area contributed by atoms with Gasteiger partial charge in [-0.25, -0.2) is 0 Å². The van der Waals surface area contributed by atoms with Gasteiger partial charge in [0.1, 0.15) is 13.2 Å². The van der Waals surface area contributed by atoms with Gasteiger partial charge >= 0.3 is 0 Å². The van der Waals surface area contributed by atoms with Gasteiger partial charge in [0.05, 0.1) is 0 Å². The molecule has 2 aromatic rings. The molecule has 1 unspecified atom stereocenters. The van der Waals surface area contributed by atoms with Gasteiger partial charge < -0.3 is 14.5 Å². The van der Waals surface area contributed by atoms with E-state index in [1.165, 1.54) is 36.8 Å². The van der Waals surface area contributed by atoms with E-state index in [1.807, 2.05) is 18.3 Å². The zero-order valence-electron chi connectivity index (χ0n) is 14.7. The molecule has 0 saturated heterocycles. The Morgan fingerprint density at radius 1 is 1.16 bits per heavy atom. The third kappa shape index (κ3) is 3.44. The van der Waals surface area contributed by atoms with E-state index in [4.69, 9.17) is 9.47 Å². The van der Waals surface area contributed by atoms with E-state index in [9.17, 15) is 4.79 Å². The highest BCUT2D eigenvalue weighted by Crippen LogP contribution is 2.45. The summed E-state index contributed by atoms with van der Waals surface area (Å²) < 4.78 is 11.6. The van der Waals surface area contributed by atoms with Crippen LogP contribution in [0.25, 0.3) is 0 Å². The summed E-state index contributed by atoms with van der Waals surface area (Å²) >= 11 is 0. The normalized spacial score (nSPS) is 23.4. The maximum atomic E-state index is 11.2. The average Bonchev–Trinajstić information content (AvgIpc) is 3.10. The molecule has 2 heterocycles. The molecule has 1 fully saturated rings. The first-order chi connectivity index (χ1) is 12.2. The van der Waals surface area contributed by atoms with Gasteiger partial charge in [-0.3, -0.25) is 4.79 Å². The molecule has 0 spiro atoms. The lowest BCUT2D eigenvalue weighted by Crippen LogP contribution is -2.17. The van der Waals surface area contributed by atoms with E-state index >= 15 is 0 Å². The predicted molar refractivity (Wildman–Crippen MR) is 97.6 cm³/mol. The highest BCUT2D eigenvalue weighted by molar-refractivity contribution is 5.48. The third-order valence-corrected chi connectivity index (χ3v) is 5.64. The maximum absolute atomic E-state index is 11.2. The van der Waals surface area contributed by atoms with Crippen LogP contribution in [0.15, 0.2) is 41.3 Å². The van der Waals surface area contributed by atoms with Gasteiger partial charge in [0, 0.05) is 17.8 Å². The lowest BCUT2D eigenvalue weighted by molar-refractivity contribution is 0.169. The summed E-state index contributed by atoms with van der Waals surface area (Å²) in [5.74, 6) is 3.56. The second kappa shape index (κ2) is 6.95. The third-order valence-electron chi connectivity index (χ3n) is 5.64. The Labute approximate surface area is 148 Å². The smallest absolute Gasteiger partial charge is 0.247 e. The molecule has 0 radical (unpaired) electrons. The van der Waals surface area contributed by atoms with Gasteiger partial charge in [0.15, 0.2) is 11.5 Å². The van der Waals surface area contributed by atoms with E-state index < -0.39 is 0 Å². The van der Waals surface area contributed by atoms with Crippen molar-refractivity contribution in [1.82, 2.24) is 4.98 Å². The molecule has 0 bridgehead atoms. The van der Waals surface area contributed by atoms with Crippen molar-refractivity contribution >= 4 is 0 Å². The summed E-state index contributed by atoms with van der Waals surface area (Å²) in [4.78, 5) is 14.0. The van der Waals surface area contributed by atoms with Crippen molar-refractivity contribution in [1.29, 1.82) is 0 Å². The fraction of sp³-hybridized carbons (Fsp3) is 0.476. The van der Waals surface area contributed by atoms with Crippen LogP contribution in [0.2, 0.25) is 0 Å². The largest absolute Gasteiger partial charge is 0.486 e. The van der Waals surface area contributed by atoms with Crippen LogP contribution in [0.4, 0.5) is 0 Å². The van der Waals surface area contributed by atoms with Crippen molar-refractivity contribution in [3.8, 4) is 11.5 Å². The molecule has 1 aliphatic carbocycles. The highest BCUT2D eigenvalue weighted by atomic mass is 16.6. The zero-order chi connectivity index (χ0) is 17.2. The minimum atomic E-state index is -0.0250. The molecule has 4 heteroatoms. The van der Waals surface area contributed by atoms with Gasteiger partial charge in [-0.15, -0.1) is 0 Å². The van der Waals surface area contributed by atoms with Crippen LogP contribution in [0.1, 0.15) is 55.6 Å². The van der Waals surface area contributed by atoms with Crippen LogP contribution in [-0.2, 0) is 0 Å². The number of H-pyrrole nitrogens is 1. The van der Waals surface area contributed by atoms with E-state index in [1.54, 1.807) is 6.07 Å². The Morgan fingerprint density at radius 3 is 2.88 bits per heavy atom. The molecule has 1 aliphatic heterocycles. The van der Waals surface area contributed by atoms with Crippen LogP contribution in [0, 0.1) is 5.92 Å². The fourth-order valence-corrected chi connectivity index (χ4v) is 4.38. The van der Waals surface area contributed by atoms with Crippen molar-refractivity contribution < 1.29 is 9.47 Å². The van der Waals surface area contributed by atoms with Crippen molar-refractivity contribution in [2.75, 3.05) is 13.2 Å². The minimum Gasteiger partial charge on any atom is -0.486 e. The topological polar surface area (TPSA) is 51.3 Å². The van der Waals surface area contributed by atoms with Crippen molar-refractivity contribution in [2.24, 2.45) is 5.92 Å². The van der Waals surface area contributed by atoms with Crippen LogP contribution in [0.3, 0.4) is 0 Å². The quantitative estimate of drug-likeness (QED) is 0.907. The van der Waals surface area contributed by atoms with E-state index in [0.717, 1.165) is 11.5 Å². The van der Waals surface area contributed by atoms with Gasteiger partial charge in [0.2, 0.25) is 5.56 Å². The van der Waals surface area contributed by atoms with Crippen LogP contribution in [0.5, 0.6) is 11.5 Å². The van der Waals surface area contributed by atoms with E-state index in [2.05, 4.69) is 24.0 Å². The summed E-state index contributed by atoms with van der Waals surface area (Å²) in [5, 5.41) is 0. The van der Waals surface area contributed by atoms with E-state index in [0.29, 0.717) is 31.0 Å². The Kier molecular flexibility index (Phi) is 4.51. The predicted octanol–water partition coefficient (Wildman–Crippen LogP) is 4.22. The van der Waals surface area contributed by atoms with Crippen molar-refractivity contribution in [3.05, 3.63) is 58.0 Å². The number of benzene rings is 1. The number of hydrogen-bond acceptors (Lipinski definition) is 3. The molecule has 4 nitrogen and oxygen atoms in total. The zero-order valence-corrected chi connectivity index (χ0v) is 14.7. The monoisotopic (exact) mass is 339 g/mol. The number of aromatic amines is 1. The first-order valence-corrected chi connectivity index (χ1v) is 9.28. The SMILES string of the molecule is C[C@@H](CC1CC[C@H](c2ccc(=O)[nH]c2)C1)c1cccc2c1OCCO2. The highest BCUT2D eigenvalue weighted by Gasteiger charge is 2.29. The molecule has 1 N–H and O–H groups in total. The Bertz CT molecular complexity index is 777. The number of pyridine rings is 1. The molecule has 25 heavy (non-hydrogen) atoms. The van der Waals surface area contributed by atoms with Crippen molar-refractivity contribution in [2.45, 2.75) is 44.4 Å². The molecule has 1 aromatic carbocycles. The molecular weight excluding hydrogens is 314 g/mol. The molecule has 132 valence electrons. The first-order valence-electron chi connectivity index (χ1n) is 9.28. The van der Waals surface area contributed by atoms with Gasteiger partial charge in [0.25, 0.3) is 0 Å². The van der Waals surface area contributed by atoms with Crippen LogP contribution >= 0.6 is 0 Å². The summed E-state index contributed by atoms with van der Waals surface area (Å²) in [6.07, 6.45) is 6.70. The first kappa shape index (κ1) is 16.2. The van der Waals surface area contributed by atoms with Crippen LogP contribution in [-0.4, -0.2) is 18.2 Å². The summed E-state index contributed by atoms with van der Waals surface area (Å²) in [5.41, 5.74) is 2.51. The number of ether oxygens (including phenoxy) is 2. The number of para-hydroxylation sites is 1. The Morgan fingerprint density at radius 2 is 2.04 bits per heavy atom. The lowest BCUT2D eigenvalue weighted by Gasteiger charge is -2.25. The van der Waals surface area contributed by atoms with Gasteiger partial charge in [-0.1, -0.05) is 25.1 Å². The number of nitrogens with one attached hydrogen (secondary N) is 1. The summed E-state index contributed by atoms with van der Waals surface area (Å²) in [7, 11) is 0. The van der Waals surface area contributed by atoms with Crippen molar-refractivity contribution in [3.63, 3.8) is 0 Å². The second-order valence-corrected chi connectivity index (χ2v) is 7.37. The summed E-state index contributed by atoms with van der Waals surface area (Å²) in [6, 6.07) is 9.85.